The van der Waals surface area contributed by atoms with Crippen molar-refractivity contribution in [2.75, 3.05) is 29.9 Å². The third-order valence-corrected chi connectivity index (χ3v) is 9.86. The van der Waals surface area contributed by atoms with Gasteiger partial charge in [-0.1, -0.05) is 25.1 Å². The van der Waals surface area contributed by atoms with Crippen molar-refractivity contribution >= 4 is 44.0 Å². The molecule has 1 N–H and O–H groups in total. The topological polar surface area (TPSA) is 103 Å². The average molecular weight is 605 g/mol. The number of nitrogens with zero attached hydrogens (tertiary/aromatic N) is 3. The van der Waals surface area contributed by atoms with E-state index < -0.39 is 15.6 Å². The lowest BCUT2D eigenvalue weighted by atomic mass is 9.99. The Bertz CT molecular complexity index is 1710. The van der Waals surface area contributed by atoms with Gasteiger partial charge in [-0.15, -0.1) is 0 Å². The van der Waals surface area contributed by atoms with Crippen LogP contribution in [-0.2, 0) is 42.9 Å². The van der Waals surface area contributed by atoms with Crippen LogP contribution in [0.25, 0.3) is 11.0 Å². The number of nitrogens with one attached hydrogen (secondary N) is 1. The van der Waals surface area contributed by atoms with E-state index in [-0.39, 0.29) is 10.8 Å². The van der Waals surface area contributed by atoms with Crippen LogP contribution in [0.2, 0.25) is 0 Å². The highest BCUT2D eigenvalue weighted by molar-refractivity contribution is 7.93. The zero-order valence-corrected chi connectivity index (χ0v) is 26.3. The fourth-order valence-corrected chi connectivity index (χ4v) is 7.12. The molecule has 0 atom stereocenters. The molecule has 43 heavy (non-hydrogen) atoms. The number of carbonyl (C=O) groups is 1. The molecule has 1 fully saturated rings. The van der Waals surface area contributed by atoms with Gasteiger partial charge in [0.25, 0.3) is 10.0 Å². The number of hydrogen-bond donors (Lipinski definition) is 1. The third kappa shape index (κ3) is 6.32. The van der Waals surface area contributed by atoms with Crippen LogP contribution in [0.1, 0.15) is 51.9 Å². The average Bonchev–Trinajstić information content (AvgIpc) is 3.36. The van der Waals surface area contributed by atoms with Gasteiger partial charge in [-0.25, -0.2) is 17.7 Å². The standard InChI is InChI=1S/C33H40N4O5S/c1-6-25-9-7-8-10-30(25)37(43(39,40)28-14-11-26(12-15-28)34-23(2)38)27-13-16-31-29(21-27)35-32(33(3,4)41-5)36(31)22-24-17-19-42-20-18-24/h7-16,21,24H,6,17-20,22H2,1-5H3,(H,34,38). The zero-order chi connectivity index (χ0) is 30.8. The Kier molecular flexibility index (Phi) is 8.91. The number of fused-ring (bicyclic) bond motifs is 1. The van der Waals surface area contributed by atoms with Crippen molar-refractivity contribution in [3.8, 4) is 0 Å². The van der Waals surface area contributed by atoms with E-state index in [9.17, 15) is 13.2 Å². The molecule has 1 saturated heterocycles. The van der Waals surface area contributed by atoms with Gasteiger partial charge in [0.1, 0.15) is 11.4 Å². The Balaban J connectivity index is 1.66. The van der Waals surface area contributed by atoms with Crippen LogP contribution in [0.4, 0.5) is 17.1 Å². The van der Waals surface area contributed by atoms with Crippen molar-refractivity contribution in [3.63, 3.8) is 0 Å². The molecule has 2 heterocycles. The van der Waals surface area contributed by atoms with Crippen LogP contribution >= 0.6 is 0 Å². The normalized spacial score (nSPS) is 14.6. The maximum atomic E-state index is 14.4. The summed E-state index contributed by atoms with van der Waals surface area (Å²) in [7, 11) is -2.39. The van der Waals surface area contributed by atoms with Crippen molar-refractivity contribution in [1.82, 2.24) is 9.55 Å². The molecule has 1 aliphatic rings. The fourth-order valence-electron chi connectivity index (χ4n) is 5.60. The molecular weight excluding hydrogens is 564 g/mol. The van der Waals surface area contributed by atoms with Gasteiger partial charge in [-0.05, 0) is 93.1 Å². The highest BCUT2D eigenvalue weighted by atomic mass is 32.2. The Hall–Kier alpha value is -3.73. The highest BCUT2D eigenvalue weighted by Crippen LogP contribution is 2.38. The number of para-hydroxylation sites is 1. The molecule has 228 valence electrons. The molecule has 3 aromatic carbocycles. The van der Waals surface area contributed by atoms with Crippen molar-refractivity contribution < 1.29 is 22.7 Å². The summed E-state index contributed by atoms with van der Waals surface area (Å²) in [6, 6.07) is 19.4. The number of methoxy groups -OCH3 is 1. The Labute approximate surface area is 253 Å². The number of rotatable bonds is 10. The number of aryl methyl sites for hydroxylation is 1. The monoisotopic (exact) mass is 604 g/mol. The van der Waals surface area contributed by atoms with Crippen molar-refractivity contribution in [1.29, 1.82) is 0 Å². The van der Waals surface area contributed by atoms with E-state index in [1.807, 2.05) is 63.2 Å². The molecule has 1 aromatic heterocycles. The minimum absolute atomic E-state index is 0.110. The fraction of sp³-hybridized carbons (Fsp3) is 0.394. The minimum atomic E-state index is -4.07. The molecule has 1 aliphatic heterocycles. The number of hydrogen-bond acceptors (Lipinski definition) is 6. The van der Waals surface area contributed by atoms with E-state index >= 15 is 0 Å². The summed E-state index contributed by atoms with van der Waals surface area (Å²) in [5.74, 6) is 1.02. The van der Waals surface area contributed by atoms with E-state index in [1.54, 1.807) is 19.2 Å². The number of aromatic nitrogens is 2. The van der Waals surface area contributed by atoms with Crippen molar-refractivity contribution in [2.45, 2.75) is 64.0 Å². The first-order chi connectivity index (χ1) is 20.5. The Morgan fingerprint density at radius 2 is 1.79 bits per heavy atom. The van der Waals surface area contributed by atoms with E-state index in [2.05, 4.69) is 9.88 Å². The number of imidazole rings is 1. The van der Waals surface area contributed by atoms with Gasteiger partial charge in [-0.2, -0.15) is 0 Å². The molecular formula is C33H40N4O5S. The first-order valence-electron chi connectivity index (χ1n) is 14.7. The lowest BCUT2D eigenvalue weighted by Gasteiger charge is -2.28. The van der Waals surface area contributed by atoms with Gasteiger partial charge in [0.2, 0.25) is 5.91 Å². The first-order valence-corrected chi connectivity index (χ1v) is 16.1. The van der Waals surface area contributed by atoms with Crippen molar-refractivity contribution in [3.05, 3.63) is 78.1 Å². The molecule has 0 unspecified atom stereocenters. The van der Waals surface area contributed by atoms with E-state index in [0.29, 0.717) is 34.9 Å². The summed E-state index contributed by atoms with van der Waals surface area (Å²) in [6.07, 6.45) is 2.61. The predicted octanol–water partition coefficient (Wildman–Crippen LogP) is 6.39. The first kappa shape index (κ1) is 30.7. The quantitative estimate of drug-likeness (QED) is 0.225. The summed E-state index contributed by atoms with van der Waals surface area (Å²) >= 11 is 0. The number of anilines is 3. The van der Waals surface area contributed by atoms with Gasteiger partial charge in [0.15, 0.2) is 0 Å². The summed E-state index contributed by atoms with van der Waals surface area (Å²) < 4.78 is 43.9. The number of amides is 1. The molecule has 1 amide bonds. The number of carbonyl (C=O) groups excluding carboxylic acids is 1. The highest BCUT2D eigenvalue weighted by Gasteiger charge is 2.32. The summed E-state index contributed by atoms with van der Waals surface area (Å²) in [4.78, 5) is 16.7. The smallest absolute Gasteiger partial charge is 0.268 e. The Morgan fingerprint density at radius 1 is 1.09 bits per heavy atom. The minimum Gasteiger partial charge on any atom is -0.381 e. The van der Waals surface area contributed by atoms with Gasteiger partial charge in [0.05, 0.1) is 27.3 Å². The number of benzene rings is 3. The summed E-state index contributed by atoms with van der Waals surface area (Å²) in [5.41, 5.74) is 3.45. The zero-order valence-electron chi connectivity index (χ0n) is 25.5. The number of sulfonamides is 1. The van der Waals surface area contributed by atoms with Gasteiger partial charge in [0, 0.05) is 39.5 Å². The molecule has 0 aliphatic carbocycles. The molecule has 9 nitrogen and oxygen atoms in total. The molecule has 0 bridgehead atoms. The molecule has 5 rings (SSSR count). The number of ether oxygens (including phenoxy) is 2. The van der Waals surface area contributed by atoms with Gasteiger partial charge in [-0.3, -0.25) is 4.79 Å². The van der Waals surface area contributed by atoms with E-state index in [1.165, 1.54) is 23.4 Å². The maximum Gasteiger partial charge on any atom is 0.268 e. The summed E-state index contributed by atoms with van der Waals surface area (Å²) in [6.45, 7) is 9.69. The van der Waals surface area contributed by atoms with Crippen molar-refractivity contribution in [2.24, 2.45) is 5.92 Å². The molecule has 4 aromatic rings. The van der Waals surface area contributed by atoms with Crippen LogP contribution in [0, 0.1) is 5.92 Å². The SMILES string of the molecule is CCc1ccccc1N(c1ccc2c(c1)nc(C(C)(C)OC)n2CC1CCOCC1)S(=O)(=O)c1ccc(NC(C)=O)cc1. The second-order valence-electron chi connectivity index (χ2n) is 11.4. The van der Waals surface area contributed by atoms with E-state index in [0.717, 1.165) is 49.5 Å². The van der Waals surface area contributed by atoms with Crippen LogP contribution in [0.3, 0.4) is 0 Å². The third-order valence-electron chi connectivity index (χ3n) is 8.10. The molecule has 0 radical (unpaired) electrons. The van der Waals surface area contributed by atoms with Crippen LogP contribution in [-0.4, -0.2) is 44.2 Å². The second kappa shape index (κ2) is 12.5. The summed E-state index contributed by atoms with van der Waals surface area (Å²) in [5, 5.41) is 2.69. The van der Waals surface area contributed by atoms with Crippen LogP contribution < -0.4 is 9.62 Å². The Morgan fingerprint density at radius 3 is 2.44 bits per heavy atom. The molecule has 10 heteroatoms. The van der Waals surface area contributed by atoms with Gasteiger partial charge < -0.3 is 19.4 Å². The van der Waals surface area contributed by atoms with Crippen LogP contribution in [0.5, 0.6) is 0 Å². The maximum absolute atomic E-state index is 14.4. The van der Waals surface area contributed by atoms with E-state index in [4.69, 9.17) is 14.5 Å². The lowest BCUT2D eigenvalue weighted by molar-refractivity contribution is -0.114. The molecule has 0 spiro atoms. The molecule has 0 saturated carbocycles. The van der Waals surface area contributed by atoms with Gasteiger partial charge >= 0.3 is 0 Å². The second-order valence-corrected chi connectivity index (χ2v) is 13.2. The van der Waals surface area contributed by atoms with Crippen LogP contribution in [0.15, 0.2) is 71.6 Å². The lowest BCUT2D eigenvalue weighted by Crippen LogP contribution is -2.28. The largest absolute Gasteiger partial charge is 0.381 e. The predicted molar refractivity (Wildman–Crippen MR) is 169 cm³/mol.